The van der Waals surface area contributed by atoms with Crippen LogP contribution in [0.4, 0.5) is 5.69 Å². The molecule has 2 aliphatic heterocycles. The zero-order chi connectivity index (χ0) is 14.8. The summed E-state index contributed by atoms with van der Waals surface area (Å²) in [6.45, 7) is 2.04. The fraction of sp³-hybridized carbons (Fsp3) is 0.500. The van der Waals surface area contributed by atoms with Gasteiger partial charge in [0.15, 0.2) is 0 Å². The Morgan fingerprint density at radius 2 is 1.95 bits per heavy atom. The molecule has 112 valence electrons. The van der Waals surface area contributed by atoms with Crippen molar-refractivity contribution in [2.24, 2.45) is 0 Å². The molecule has 2 heterocycles. The molecule has 1 aromatic carbocycles. The van der Waals surface area contributed by atoms with E-state index in [1.54, 1.807) is 12.1 Å². The number of nitrogens with one attached hydrogen (secondary N) is 1. The standard InChI is InChI=1S/C16H21N3O2/c1-18-9-5-6-12(11-18)17-14-10-15(20)19(16(14)21)13-7-3-2-4-8-13/h2-4,7-8,12,14,17H,5-6,9-11H2,1H3. The molecule has 2 aliphatic rings. The topological polar surface area (TPSA) is 52.7 Å². The van der Waals surface area contributed by atoms with Crippen LogP contribution in [0.5, 0.6) is 0 Å². The summed E-state index contributed by atoms with van der Waals surface area (Å²) >= 11 is 0. The number of carbonyl (C=O) groups excluding carboxylic acids is 2. The minimum Gasteiger partial charge on any atom is -0.305 e. The number of rotatable bonds is 3. The van der Waals surface area contributed by atoms with E-state index < -0.39 is 0 Å². The molecule has 21 heavy (non-hydrogen) atoms. The van der Waals surface area contributed by atoms with E-state index in [0.29, 0.717) is 11.7 Å². The quantitative estimate of drug-likeness (QED) is 0.843. The Morgan fingerprint density at radius 3 is 2.67 bits per heavy atom. The third-order valence-corrected chi connectivity index (χ3v) is 4.22. The van der Waals surface area contributed by atoms with E-state index in [1.165, 1.54) is 4.90 Å². The summed E-state index contributed by atoms with van der Waals surface area (Å²) in [6.07, 6.45) is 2.45. The summed E-state index contributed by atoms with van der Waals surface area (Å²) in [4.78, 5) is 28.2. The summed E-state index contributed by atoms with van der Waals surface area (Å²) in [7, 11) is 2.09. The Hall–Kier alpha value is -1.72. The number of nitrogens with zero attached hydrogens (tertiary/aromatic N) is 2. The third kappa shape index (κ3) is 2.99. The highest BCUT2D eigenvalue weighted by Gasteiger charge is 2.40. The van der Waals surface area contributed by atoms with Crippen molar-refractivity contribution >= 4 is 17.5 Å². The fourth-order valence-corrected chi connectivity index (χ4v) is 3.20. The maximum atomic E-state index is 12.5. The van der Waals surface area contributed by atoms with Crippen molar-refractivity contribution in [3.05, 3.63) is 30.3 Å². The van der Waals surface area contributed by atoms with Crippen molar-refractivity contribution in [2.45, 2.75) is 31.3 Å². The molecule has 0 spiro atoms. The first-order chi connectivity index (χ1) is 10.1. The van der Waals surface area contributed by atoms with Crippen LogP contribution in [-0.4, -0.2) is 48.9 Å². The second-order valence-corrected chi connectivity index (χ2v) is 5.93. The minimum atomic E-state index is -0.380. The molecular weight excluding hydrogens is 266 g/mol. The zero-order valence-electron chi connectivity index (χ0n) is 12.3. The Labute approximate surface area is 124 Å². The molecule has 0 radical (unpaired) electrons. The molecule has 2 unspecified atom stereocenters. The lowest BCUT2D eigenvalue weighted by Gasteiger charge is -2.31. The van der Waals surface area contributed by atoms with Crippen molar-refractivity contribution in [3.8, 4) is 0 Å². The number of amides is 2. The van der Waals surface area contributed by atoms with E-state index in [9.17, 15) is 9.59 Å². The highest BCUT2D eigenvalue weighted by molar-refractivity contribution is 6.22. The number of hydrogen-bond donors (Lipinski definition) is 1. The van der Waals surface area contributed by atoms with Gasteiger partial charge < -0.3 is 10.2 Å². The number of benzene rings is 1. The molecular formula is C16H21N3O2. The molecule has 0 saturated carbocycles. The van der Waals surface area contributed by atoms with Gasteiger partial charge in [0.25, 0.3) is 5.91 Å². The largest absolute Gasteiger partial charge is 0.305 e. The van der Waals surface area contributed by atoms with E-state index in [4.69, 9.17) is 0 Å². The van der Waals surface area contributed by atoms with Gasteiger partial charge in [-0.05, 0) is 38.6 Å². The van der Waals surface area contributed by atoms with Gasteiger partial charge >= 0.3 is 0 Å². The molecule has 2 saturated heterocycles. The van der Waals surface area contributed by atoms with Crippen LogP contribution in [0.1, 0.15) is 19.3 Å². The molecule has 2 fully saturated rings. The van der Waals surface area contributed by atoms with Crippen LogP contribution in [0.3, 0.4) is 0 Å². The lowest BCUT2D eigenvalue weighted by atomic mass is 10.0. The van der Waals surface area contributed by atoms with Gasteiger partial charge in [-0.25, -0.2) is 4.90 Å². The van der Waals surface area contributed by atoms with Gasteiger partial charge in [-0.3, -0.25) is 9.59 Å². The van der Waals surface area contributed by atoms with Gasteiger partial charge in [-0.1, -0.05) is 18.2 Å². The number of carbonyl (C=O) groups is 2. The second kappa shape index (κ2) is 5.95. The predicted octanol–water partition coefficient (Wildman–Crippen LogP) is 1.00. The van der Waals surface area contributed by atoms with E-state index in [0.717, 1.165) is 25.9 Å². The molecule has 1 aromatic rings. The van der Waals surface area contributed by atoms with Gasteiger partial charge in [0.05, 0.1) is 18.2 Å². The average Bonchev–Trinajstić information content (AvgIpc) is 2.74. The monoisotopic (exact) mass is 287 g/mol. The van der Waals surface area contributed by atoms with E-state index >= 15 is 0 Å². The minimum absolute atomic E-state index is 0.118. The van der Waals surface area contributed by atoms with Gasteiger partial charge in [0.2, 0.25) is 5.91 Å². The molecule has 5 nitrogen and oxygen atoms in total. The van der Waals surface area contributed by atoms with E-state index in [1.807, 2.05) is 18.2 Å². The van der Waals surface area contributed by atoms with Gasteiger partial charge in [-0.15, -0.1) is 0 Å². The van der Waals surface area contributed by atoms with E-state index in [-0.39, 0.29) is 24.3 Å². The number of hydrogen-bond acceptors (Lipinski definition) is 4. The normalized spacial score (nSPS) is 27.4. The molecule has 2 amide bonds. The molecule has 2 atom stereocenters. The van der Waals surface area contributed by atoms with Crippen LogP contribution in [-0.2, 0) is 9.59 Å². The summed E-state index contributed by atoms with van der Waals surface area (Å²) in [5.41, 5.74) is 0.664. The van der Waals surface area contributed by atoms with Crippen molar-refractivity contribution in [1.29, 1.82) is 0 Å². The Balaban J connectivity index is 1.69. The van der Waals surface area contributed by atoms with Gasteiger partial charge in [0, 0.05) is 12.6 Å². The highest BCUT2D eigenvalue weighted by Crippen LogP contribution is 2.23. The first-order valence-corrected chi connectivity index (χ1v) is 7.51. The van der Waals surface area contributed by atoms with Crippen LogP contribution in [0.15, 0.2) is 30.3 Å². The maximum Gasteiger partial charge on any atom is 0.251 e. The smallest absolute Gasteiger partial charge is 0.251 e. The zero-order valence-corrected chi connectivity index (χ0v) is 12.3. The van der Waals surface area contributed by atoms with Crippen molar-refractivity contribution in [3.63, 3.8) is 0 Å². The molecule has 0 bridgehead atoms. The summed E-state index contributed by atoms with van der Waals surface area (Å²) in [5.74, 6) is -0.243. The molecule has 0 aliphatic carbocycles. The van der Waals surface area contributed by atoms with Crippen LogP contribution in [0.2, 0.25) is 0 Å². The lowest BCUT2D eigenvalue weighted by Crippen LogP contribution is -2.50. The molecule has 5 heteroatoms. The van der Waals surface area contributed by atoms with Crippen LogP contribution < -0.4 is 10.2 Å². The van der Waals surface area contributed by atoms with Crippen molar-refractivity contribution in [1.82, 2.24) is 10.2 Å². The number of likely N-dealkylation sites (N-methyl/N-ethyl adjacent to an activating group) is 1. The van der Waals surface area contributed by atoms with Gasteiger partial charge in [-0.2, -0.15) is 0 Å². The lowest BCUT2D eigenvalue weighted by molar-refractivity contribution is -0.121. The predicted molar refractivity (Wildman–Crippen MR) is 81.0 cm³/mol. The number of anilines is 1. The SMILES string of the molecule is CN1CCCC(NC2CC(=O)N(c3ccccc3)C2=O)C1. The van der Waals surface area contributed by atoms with Crippen molar-refractivity contribution < 1.29 is 9.59 Å². The molecule has 0 aromatic heterocycles. The van der Waals surface area contributed by atoms with E-state index in [2.05, 4.69) is 17.3 Å². The van der Waals surface area contributed by atoms with Gasteiger partial charge in [0.1, 0.15) is 0 Å². The number of likely N-dealkylation sites (tertiary alicyclic amines) is 1. The number of piperidine rings is 1. The first kappa shape index (κ1) is 14.2. The Bertz CT molecular complexity index is 532. The Kier molecular flexibility index (Phi) is 4.03. The van der Waals surface area contributed by atoms with Crippen molar-refractivity contribution in [2.75, 3.05) is 25.0 Å². The molecule has 3 rings (SSSR count). The maximum absolute atomic E-state index is 12.5. The summed E-state index contributed by atoms with van der Waals surface area (Å²) in [5, 5.41) is 3.37. The fourth-order valence-electron chi connectivity index (χ4n) is 3.20. The second-order valence-electron chi connectivity index (χ2n) is 5.93. The van der Waals surface area contributed by atoms with Crippen LogP contribution >= 0.6 is 0 Å². The third-order valence-electron chi connectivity index (χ3n) is 4.22. The van der Waals surface area contributed by atoms with Crippen LogP contribution in [0.25, 0.3) is 0 Å². The number of imide groups is 1. The van der Waals surface area contributed by atoms with Crippen LogP contribution in [0, 0.1) is 0 Å². The average molecular weight is 287 g/mol. The summed E-state index contributed by atoms with van der Waals surface area (Å²) < 4.78 is 0. The Morgan fingerprint density at radius 1 is 1.19 bits per heavy atom. The summed E-state index contributed by atoms with van der Waals surface area (Å²) in [6, 6.07) is 9.07. The highest BCUT2D eigenvalue weighted by atomic mass is 16.2. The molecule has 1 N–H and O–H groups in total. The number of para-hydroxylation sites is 1. The first-order valence-electron chi connectivity index (χ1n) is 7.51.